The maximum absolute atomic E-state index is 12.7. The summed E-state index contributed by atoms with van der Waals surface area (Å²) in [5, 5.41) is 0.722. The highest BCUT2D eigenvalue weighted by atomic mass is 16.1. The molecule has 0 aliphatic carbocycles. The molecule has 0 N–H and O–H groups in total. The summed E-state index contributed by atoms with van der Waals surface area (Å²) in [6, 6.07) is 18.6. The zero-order chi connectivity index (χ0) is 17.8. The van der Waals surface area contributed by atoms with Crippen LogP contribution in [-0.2, 0) is 6.42 Å². The fourth-order valence-electron chi connectivity index (χ4n) is 3.92. The van der Waals surface area contributed by atoms with Gasteiger partial charge in [-0.2, -0.15) is 0 Å². The van der Waals surface area contributed by atoms with Crippen molar-refractivity contribution in [2.75, 3.05) is 19.6 Å². The first-order valence-corrected chi connectivity index (χ1v) is 9.53. The number of hydrogen-bond donors (Lipinski definition) is 0. The molecule has 2 aromatic carbocycles. The molecule has 0 atom stereocenters. The normalized spacial score (nSPS) is 16.2. The Morgan fingerprint density at radius 2 is 1.69 bits per heavy atom. The van der Waals surface area contributed by atoms with Crippen molar-refractivity contribution < 1.29 is 0 Å². The zero-order valence-corrected chi connectivity index (χ0v) is 15.1. The number of aromatic nitrogens is 2. The molecule has 1 fully saturated rings. The van der Waals surface area contributed by atoms with E-state index >= 15 is 0 Å². The summed E-state index contributed by atoms with van der Waals surface area (Å²) >= 11 is 0. The van der Waals surface area contributed by atoms with Crippen LogP contribution >= 0.6 is 0 Å². The summed E-state index contributed by atoms with van der Waals surface area (Å²) in [6.45, 7) is 3.24. The van der Waals surface area contributed by atoms with Crippen LogP contribution < -0.4 is 5.56 Å². The van der Waals surface area contributed by atoms with Crippen LogP contribution in [0.4, 0.5) is 0 Å². The van der Waals surface area contributed by atoms with Crippen molar-refractivity contribution in [1.82, 2.24) is 14.5 Å². The van der Waals surface area contributed by atoms with Crippen LogP contribution in [0.3, 0.4) is 0 Å². The molecule has 1 aliphatic heterocycles. The van der Waals surface area contributed by atoms with Gasteiger partial charge in [0.1, 0.15) is 0 Å². The van der Waals surface area contributed by atoms with Crippen molar-refractivity contribution in [3.63, 3.8) is 0 Å². The standard InChI is InChI=1S/C22H25N3O/c26-22-20-10-4-5-11-21(20)23-17-25(22)19-12-15-24(16-13-19)14-6-9-18-7-2-1-3-8-18/h1-5,7-8,10-11,17,19H,6,9,12-16H2. The van der Waals surface area contributed by atoms with E-state index in [0.29, 0.717) is 0 Å². The Bertz CT molecular complexity index is 911. The first kappa shape index (κ1) is 17.0. The Morgan fingerprint density at radius 3 is 2.50 bits per heavy atom. The van der Waals surface area contributed by atoms with Crippen molar-refractivity contribution in [3.05, 3.63) is 76.8 Å². The average molecular weight is 347 g/mol. The molecule has 4 nitrogen and oxygen atoms in total. The van der Waals surface area contributed by atoms with Gasteiger partial charge in [-0.1, -0.05) is 42.5 Å². The molecule has 0 amide bonds. The maximum atomic E-state index is 12.7. The molecule has 134 valence electrons. The molecular formula is C22H25N3O. The van der Waals surface area contributed by atoms with Crippen molar-refractivity contribution in [2.24, 2.45) is 0 Å². The fraction of sp³-hybridized carbons (Fsp3) is 0.364. The van der Waals surface area contributed by atoms with Gasteiger partial charge in [0.25, 0.3) is 5.56 Å². The van der Waals surface area contributed by atoms with Crippen LogP contribution in [0.1, 0.15) is 30.9 Å². The van der Waals surface area contributed by atoms with Gasteiger partial charge in [0, 0.05) is 19.1 Å². The van der Waals surface area contributed by atoms with E-state index in [1.54, 1.807) is 6.33 Å². The van der Waals surface area contributed by atoms with E-state index in [9.17, 15) is 4.79 Å². The second kappa shape index (κ2) is 7.83. The summed E-state index contributed by atoms with van der Waals surface area (Å²) in [6.07, 6.45) is 6.10. The lowest BCUT2D eigenvalue weighted by atomic mass is 10.0. The SMILES string of the molecule is O=c1c2ccccc2ncn1C1CCN(CCCc2ccccc2)CC1. The highest BCUT2D eigenvalue weighted by Crippen LogP contribution is 2.22. The van der Waals surface area contributed by atoms with Crippen LogP contribution in [0.5, 0.6) is 0 Å². The third-order valence-electron chi connectivity index (χ3n) is 5.42. The van der Waals surface area contributed by atoms with Crippen LogP contribution in [0, 0.1) is 0 Å². The van der Waals surface area contributed by atoms with Crippen molar-refractivity contribution >= 4 is 10.9 Å². The Labute approximate surface area is 154 Å². The summed E-state index contributed by atoms with van der Waals surface area (Å²) < 4.78 is 1.85. The quantitative estimate of drug-likeness (QED) is 0.707. The number of para-hydroxylation sites is 1. The summed E-state index contributed by atoms with van der Waals surface area (Å²) in [5.74, 6) is 0. The molecule has 2 heterocycles. The highest BCUT2D eigenvalue weighted by Gasteiger charge is 2.21. The van der Waals surface area contributed by atoms with E-state index in [4.69, 9.17) is 0 Å². The number of nitrogens with zero attached hydrogens (tertiary/aromatic N) is 3. The molecule has 0 saturated carbocycles. The second-order valence-corrected chi connectivity index (χ2v) is 7.14. The maximum Gasteiger partial charge on any atom is 0.261 e. The van der Waals surface area contributed by atoms with Gasteiger partial charge in [-0.15, -0.1) is 0 Å². The predicted molar refractivity (Wildman–Crippen MR) is 105 cm³/mol. The number of fused-ring (bicyclic) bond motifs is 1. The van der Waals surface area contributed by atoms with E-state index in [-0.39, 0.29) is 11.6 Å². The van der Waals surface area contributed by atoms with Crippen molar-refractivity contribution in [1.29, 1.82) is 0 Å². The topological polar surface area (TPSA) is 38.1 Å². The van der Waals surface area contributed by atoms with Gasteiger partial charge in [-0.25, -0.2) is 4.98 Å². The molecule has 0 spiro atoms. The Morgan fingerprint density at radius 1 is 0.962 bits per heavy atom. The largest absolute Gasteiger partial charge is 0.303 e. The number of hydrogen-bond acceptors (Lipinski definition) is 3. The van der Waals surface area contributed by atoms with E-state index < -0.39 is 0 Å². The lowest BCUT2D eigenvalue weighted by molar-refractivity contribution is 0.183. The summed E-state index contributed by atoms with van der Waals surface area (Å²) in [5.41, 5.74) is 2.29. The van der Waals surface area contributed by atoms with Gasteiger partial charge < -0.3 is 4.90 Å². The predicted octanol–water partition coefficient (Wildman–Crippen LogP) is 3.67. The van der Waals surface area contributed by atoms with Crippen LogP contribution in [-0.4, -0.2) is 34.1 Å². The highest BCUT2D eigenvalue weighted by molar-refractivity contribution is 5.76. The fourth-order valence-corrected chi connectivity index (χ4v) is 3.92. The molecule has 0 bridgehead atoms. The zero-order valence-electron chi connectivity index (χ0n) is 15.1. The number of likely N-dealkylation sites (tertiary alicyclic amines) is 1. The molecule has 4 rings (SSSR count). The van der Waals surface area contributed by atoms with Gasteiger partial charge >= 0.3 is 0 Å². The van der Waals surface area contributed by atoms with Crippen LogP contribution in [0.15, 0.2) is 65.7 Å². The van der Waals surface area contributed by atoms with E-state index in [2.05, 4.69) is 40.2 Å². The van der Waals surface area contributed by atoms with Crippen molar-refractivity contribution in [2.45, 2.75) is 31.7 Å². The molecule has 1 saturated heterocycles. The van der Waals surface area contributed by atoms with E-state index in [1.165, 1.54) is 12.0 Å². The molecule has 1 aliphatic rings. The van der Waals surface area contributed by atoms with Crippen molar-refractivity contribution in [3.8, 4) is 0 Å². The monoisotopic (exact) mass is 347 g/mol. The molecule has 26 heavy (non-hydrogen) atoms. The first-order chi connectivity index (χ1) is 12.8. The lowest BCUT2D eigenvalue weighted by Gasteiger charge is -2.32. The summed E-state index contributed by atoms with van der Waals surface area (Å²) in [4.78, 5) is 19.7. The van der Waals surface area contributed by atoms with E-state index in [1.807, 2.05) is 28.8 Å². The van der Waals surface area contributed by atoms with E-state index in [0.717, 1.165) is 49.8 Å². The number of rotatable bonds is 5. The average Bonchev–Trinajstić information content (AvgIpc) is 2.70. The minimum atomic E-state index is 0.0955. The Kier molecular flexibility index (Phi) is 5.12. The Hall–Kier alpha value is -2.46. The lowest BCUT2D eigenvalue weighted by Crippen LogP contribution is -2.38. The molecule has 4 heteroatoms. The number of benzene rings is 2. The Balaban J connectivity index is 1.34. The van der Waals surface area contributed by atoms with Gasteiger partial charge in [0.2, 0.25) is 0 Å². The van der Waals surface area contributed by atoms with Gasteiger partial charge in [-0.3, -0.25) is 9.36 Å². The minimum absolute atomic E-state index is 0.0955. The number of aryl methyl sites for hydroxylation is 1. The molecule has 0 unspecified atom stereocenters. The van der Waals surface area contributed by atoms with Crippen LogP contribution in [0.2, 0.25) is 0 Å². The summed E-state index contributed by atoms with van der Waals surface area (Å²) in [7, 11) is 0. The first-order valence-electron chi connectivity index (χ1n) is 9.53. The molecular weight excluding hydrogens is 322 g/mol. The van der Waals surface area contributed by atoms with Gasteiger partial charge in [-0.05, 0) is 49.9 Å². The molecule has 0 radical (unpaired) electrons. The van der Waals surface area contributed by atoms with Gasteiger partial charge in [0.05, 0.1) is 17.2 Å². The third kappa shape index (κ3) is 3.70. The molecule has 3 aromatic rings. The van der Waals surface area contributed by atoms with Gasteiger partial charge in [0.15, 0.2) is 0 Å². The third-order valence-corrected chi connectivity index (χ3v) is 5.42. The minimum Gasteiger partial charge on any atom is -0.303 e. The molecule has 1 aromatic heterocycles. The smallest absolute Gasteiger partial charge is 0.261 e. The van der Waals surface area contributed by atoms with Crippen LogP contribution in [0.25, 0.3) is 10.9 Å². The second-order valence-electron chi connectivity index (χ2n) is 7.14. The number of piperidine rings is 1.